The minimum atomic E-state index is -4.60. The van der Waals surface area contributed by atoms with Crippen molar-refractivity contribution >= 4 is 9.84 Å². The lowest BCUT2D eigenvalue weighted by Gasteiger charge is -2.24. The smallest absolute Gasteiger partial charge is 0.408 e. The summed E-state index contributed by atoms with van der Waals surface area (Å²) in [6.45, 7) is -1.51. The van der Waals surface area contributed by atoms with Crippen LogP contribution in [-0.4, -0.2) is 36.7 Å². The molecule has 1 aromatic heterocycles. The van der Waals surface area contributed by atoms with Crippen molar-refractivity contribution in [3.63, 3.8) is 0 Å². The van der Waals surface area contributed by atoms with Crippen molar-refractivity contribution in [3.05, 3.63) is 40.8 Å². The normalized spacial score (nSPS) is 16.0. The number of nitrogens with zero attached hydrogens (tertiary/aromatic N) is 2. The maximum Gasteiger partial charge on any atom is 0.408 e. The van der Waals surface area contributed by atoms with E-state index in [1.54, 1.807) is 0 Å². The first-order valence-corrected chi connectivity index (χ1v) is 11.1. The number of hydrogen-bond donors (Lipinski definition) is 0. The molecule has 6 nitrogen and oxygen atoms in total. The first-order valence-electron chi connectivity index (χ1n) is 9.18. The molecule has 29 heavy (non-hydrogen) atoms. The molecular formula is C19H21F3N2O4S. The average Bonchev–Trinajstić information content (AvgIpc) is 2.64. The fraction of sp³-hybridized carbons (Fsp3) is 0.474. The Hall–Kier alpha value is -2.36. The fourth-order valence-corrected chi connectivity index (χ4v) is 3.93. The van der Waals surface area contributed by atoms with Gasteiger partial charge in [0.25, 0.3) is 0 Å². The molecule has 2 aromatic rings. The van der Waals surface area contributed by atoms with Gasteiger partial charge in [0.15, 0.2) is 15.6 Å². The Kier molecular flexibility index (Phi) is 6.02. The molecule has 0 radical (unpaired) electrons. The van der Waals surface area contributed by atoms with Crippen molar-refractivity contribution in [1.82, 2.24) is 9.78 Å². The summed E-state index contributed by atoms with van der Waals surface area (Å²) in [5, 5.41) is 3.65. The Bertz CT molecular complexity index is 1020. The number of benzene rings is 1. The Balaban J connectivity index is 2.05. The summed E-state index contributed by atoms with van der Waals surface area (Å²) >= 11 is 0. The van der Waals surface area contributed by atoms with Gasteiger partial charge in [-0.2, -0.15) is 18.3 Å². The summed E-state index contributed by atoms with van der Waals surface area (Å²) in [7, 11) is -3.41. The number of hydrogen-bond acceptors (Lipinski definition) is 5. The van der Waals surface area contributed by atoms with E-state index in [0.29, 0.717) is 23.1 Å². The molecule has 0 amide bonds. The molecule has 0 unspecified atom stereocenters. The zero-order valence-electron chi connectivity index (χ0n) is 15.8. The highest BCUT2D eigenvalue weighted by Crippen LogP contribution is 2.31. The van der Waals surface area contributed by atoms with E-state index in [2.05, 4.69) is 5.10 Å². The molecule has 1 heterocycles. The van der Waals surface area contributed by atoms with Gasteiger partial charge in [0.1, 0.15) is 6.54 Å². The monoisotopic (exact) mass is 430 g/mol. The fourth-order valence-electron chi connectivity index (χ4n) is 3.30. The molecule has 158 valence electrons. The molecule has 0 N–H and O–H groups in total. The van der Waals surface area contributed by atoms with E-state index in [1.807, 2.05) is 0 Å². The molecule has 10 heteroatoms. The minimum absolute atomic E-state index is 0.0920. The molecule has 0 spiro atoms. The lowest BCUT2D eigenvalue weighted by atomic mass is 9.97. The minimum Gasteiger partial charge on any atom is -0.484 e. The van der Waals surface area contributed by atoms with Gasteiger partial charge in [-0.25, -0.2) is 13.1 Å². The summed E-state index contributed by atoms with van der Waals surface area (Å²) < 4.78 is 67.9. The van der Waals surface area contributed by atoms with Crippen LogP contribution in [0.25, 0.3) is 11.1 Å². The zero-order valence-corrected chi connectivity index (χ0v) is 16.6. The Morgan fingerprint density at radius 3 is 2.31 bits per heavy atom. The quantitative estimate of drug-likeness (QED) is 0.725. The van der Waals surface area contributed by atoms with Crippen LogP contribution in [0.2, 0.25) is 0 Å². The topological polar surface area (TPSA) is 78.3 Å². The Labute approximate surface area is 166 Å². The highest BCUT2D eigenvalue weighted by molar-refractivity contribution is 7.90. The van der Waals surface area contributed by atoms with Crippen LogP contribution in [0.1, 0.15) is 32.1 Å². The summed E-state index contributed by atoms with van der Waals surface area (Å²) in [5.41, 5.74) is -0.288. The number of sulfone groups is 1. The molecule has 1 aliphatic rings. The van der Waals surface area contributed by atoms with Gasteiger partial charge in [0.2, 0.25) is 0 Å². The second kappa shape index (κ2) is 8.17. The summed E-state index contributed by atoms with van der Waals surface area (Å²) in [4.78, 5) is 12.8. The predicted molar refractivity (Wildman–Crippen MR) is 101 cm³/mol. The Morgan fingerprint density at radius 2 is 1.76 bits per heavy atom. The summed E-state index contributed by atoms with van der Waals surface area (Å²) in [6.07, 6.45) is 1.69. The number of rotatable bonds is 5. The van der Waals surface area contributed by atoms with E-state index < -0.39 is 28.1 Å². The standard InChI is InChI=1S/C19H21F3N2O4S/c1-29(26,27)15-9-7-13(8-10-15)16-11-23-24(12-19(20,21)22)18(25)17(16)28-14-5-3-2-4-6-14/h7-11,14H,2-6,12H2,1H3. The van der Waals surface area contributed by atoms with Crippen molar-refractivity contribution in [3.8, 4) is 16.9 Å². The molecule has 1 aliphatic carbocycles. The zero-order chi connectivity index (χ0) is 21.2. The average molecular weight is 430 g/mol. The summed E-state index contributed by atoms with van der Waals surface area (Å²) in [5.74, 6) is -0.191. The van der Waals surface area contributed by atoms with Crippen LogP contribution in [0.5, 0.6) is 5.75 Å². The highest BCUT2D eigenvalue weighted by atomic mass is 32.2. The van der Waals surface area contributed by atoms with Crippen LogP contribution in [0.15, 0.2) is 40.2 Å². The third-order valence-electron chi connectivity index (χ3n) is 4.76. The second-order valence-electron chi connectivity index (χ2n) is 7.14. The van der Waals surface area contributed by atoms with Gasteiger partial charge in [-0.3, -0.25) is 4.79 Å². The molecule has 1 saturated carbocycles. The van der Waals surface area contributed by atoms with Crippen LogP contribution in [0.3, 0.4) is 0 Å². The molecule has 0 saturated heterocycles. The second-order valence-corrected chi connectivity index (χ2v) is 9.16. The van der Waals surface area contributed by atoms with E-state index in [4.69, 9.17) is 4.74 Å². The van der Waals surface area contributed by atoms with E-state index in [0.717, 1.165) is 31.7 Å². The third kappa shape index (κ3) is 5.37. The molecule has 3 rings (SSSR count). The van der Waals surface area contributed by atoms with Crippen LogP contribution < -0.4 is 10.3 Å². The molecule has 0 atom stereocenters. The molecule has 1 fully saturated rings. The Morgan fingerprint density at radius 1 is 1.14 bits per heavy atom. The lowest BCUT2D eigenvalue weighted by Crippen LogP contribution is -2.33. The van der Waals surface area contributed by atoms with Crippen molar-refractivity contribution in [2.75, 3.05) is 6.26 Å². The molecule has 0 aliphatic heterocycles. The SMILES string of the molecule is CS(=O)(=O)c1ccc(-c2cnn(CC(F)(F)F)c(=O)c2OC2CCCCC2)cc1. The predicted octanol–water partition coefficient (Wildman–Crippen LogP) is 3.59. The van der Waals surface area contributed by atoms with E-state index in [1.165, 1.54) is 24.3 Å². The number of halogens is 3. The lowest BCUT2D eigenvalue weighted by molar-refractivity contribution is -0.143. The van der Waals surface area contributed by atoms with Crippen molar-refractivity contribution < 1.29 is 26.3 Å². The molecule has 1 aromatic carbocycles. The molecular weight excluding hydrogens is 409 g/mol. The van der Waals surface area contributed by atoms with Gasteiger partial charge in [0, 0.05) is 11.8 Å². The maximum atomic E-state index is 12.8. The molecule has 0 bridgehead atoms. The first-order chi connectivity index (χ1) is 13.5. The van der Waals surface area contributed by atoms with Gasteiger partial charge in [0.05, 0.1) is 17.2 Å². The van der Waals surface area contributed by atoms with Crippen molar-refractivity contribution in [1.29, 1.82) is 0 Å². The number of aromatic nitrogens is 2. The van der Waals surface area contributed by atoms with Crippen LogP contribution in [-0.2, 0) is 16.4 Å². The van der Waals surface area contributed by atoms with E-state index in [-0.39, 0.29) is 22.3 Å². The number of ether oxygens (including phenoxy) is 1. The van der Waals surface area contributed by atoms with E-state index >= 15 is 0 Å². The van der Waals surface area contributed by atoms with Crippen LogP contribution in [0.4, 0.5) is 13.2 Å². The van der Waals surface area contributed by atoms with Gasteiger partial charge in [-0.1, -0.05) is 18.6 Å². The summed E-state index contributed by atoms with van der Waals surface area (Å²) in [6, 6.07) is 5.70. The van der Waals surface area contributed by atoms with E-state index in [9.17, 15) is 26.4 Å². The largest absolute Gasteiger partial charge is 0.484 e. The van der Waals surface area contributed by atoms with Gasteiger partial charge < -0.3 is 4.74 Å². The maximum absolute atomic E-state index is 12.8. The number of alkyl halides is 3. The van der Waals surface area contributed by atoms with Gasteiger partial charge >= 0.3 is 11.7 Å². The van der Waals surface area contributed by atoms with Crippen LogP contribution in [0, 0.1) is 0 Å². The van der Waals surface area contributed by atoms with Crippen LogP contribution >= 0.6 is 0 Å². The van der Waals surface area contributed by atoms with Gasteiger partial charge in [-0.15, -0.1) is 0 Å². The first kappa shape index (κ1) is 21.4. The van der Waals surface area contributed by atoms with Crippen molar-refractivity contribution in [2.45, 2.75) is 55.8 Å². The van der Waals surface area contributed by atoms with Crippen molar-refractivity contribution in [2.24, 2.45) is 0 Å². The van der Waals surface area contributed by atoms with Gasteiger partial charge in [-0.05, 0) is 43.4 Å². The highest BCUT2D eigenvalue weighted by Gasteiger charge is 2.31. The third-order valence-corrected chi connectivity index (χ3v) is 5.89.